The van der Waals surface area contributed by atoms with Gasteiger partial charge in [-0.15, -0.1) is 24.0 Å². The molecule has 0 atom stereocenters. The molecule has 3 rings (SSSR count). The topological polar surface area (TPSA) is 86.4 Å². The number of nitrogens with one attached hydrogen (secondary N) is 1. The maximum atomic E-state index is 12.5. The van der Waals surface area contributed by atoms with Gasteiger partial charge in [0.15, 0.2) is 11.7 Å². The normalized spacial score (nSPS) is 18.5. The zero-order valence-electron chi connectivity index (χ0n) is 18.3. The van der Waals surface area contributed by atoms with Crippen LogP contribution in [0.2, 0.25) is 0 Å². The van der Waals surface area contributed by atoms with Gasteiger partial charge in [0.25, 0.3) is 0 Å². The molecule has 30 heavy (non-hydrogen) atoms. The number of ether oxygens (including phenoxy) is 1. The summed E-state index contributed by atoms with van der Waals surface area (Å²) in [5.41, 5.74) is 0.957. The van der Waals surface area contributed by atoms with Crippen molar-refractivity contribution < 1.29 is 14.1 Å². The molecule has 9 nitrogen and oxygen atoms in total. The molecule has 0 aromatic carbocycles. The average Bonchev–Trinajstić information content (AvgIpc) is 3.22. The van der Waals surface area contributed by atoms with Crippen molar-refractivity contribution in [3.05, 3.63) is 17.5 Å². The quantitative estimate of drug-likeness (QED) is 0.335. The molecule has 1 aromatic heterocycles. The summed E-state index contributed by atoms with van der Waals surface area (Å²) in [7, 11) is 0. The number of carbonyl (C=O) groups is 1. The number of halogens is 1. The van der Waals surface area contributed by atoms with Crippen LogP contribution in [0.15, 0.2) is 15.6 Å². The Morgan fingerprint density at radius 2 is 1.87 bits per heavy atom. The second-order valence-corrected chi connectivity index (χ2v) is 7.80. The maximum Gasteiger partial charge on any atom is 0.236 e. The molecule has 1 aromatic rings. The number of morpholine rings is 1. The Balaban J connectivity index is 0.00000320. The van der Waals surface area contributed by atoms with Crippen molar-refractivity contribution in [3.63, 3.8) is 0 Å². The number of nitrogens with zero attached hydrogens (tertiary/aromatic N) is 5. The van der Waals surface area contributed by atoms with Gasteiger partial charge in [-0.2, -0.15) is 0 Å². The fourth-order valence-corrected chi connectivity index (χ4v) is 3.48. The second kappa shape index (κ2) is 12.5. The lowest BCUT2D eigenvalue weighted by molar-refractivity contribution is -0.136. The van der Waals surface area contributed by atoms with E-state index >= 15 is 0 Å². The Bertz CT molecular complexity index is 682. The molecule has 0 aliphatic carbocycles. The lowest BCUT2D eigenvalue weighted by Crippen LogP contribution is -2.54. The van der Waals surface area contributed by atoms with Crippen LogP contribution in [0.5, 0.6) is 0 Å². The summed E-state index contributed by atoms with van der Waals surface area (Å²) < 4.78 is 10.7. The molecular formula is C20H35IN6O3. The van der Waals surface area contributed by atoms with Gasteiger partial charge in [0.1, 0.15) is 6.54 Å². The third-order valence-corrected chi connectivity index (χ3v) is 5.28. The van der Waals surface area contributed by atoms with Crippen LogP contribution in [0.3, 0.4) is 0 Å². The Labute approximate surface area is 196 Å². The smallest absolute Gasteiger partial charge is 0.236 e. The standard InChI is InChI=1S/C20H34N6O3.HI/c1-4-21-20(22-14-17-13-18(16(2)3)23-29-17)26-7-5-24(6-8-26)15-19(27)25-9-11-28-12-10-25;/h13,16H,4-12,14-15H2,1-3H3,(H,21,22);1H. The number of amides is 1. The average molecular weight is 534 g/mol. The van der Waals surface area contributed by atoms with E-state index in [1.54, 1.807) is 0 Å². The van der Waals surface area contributed by atoms with Crippen molar-refractivity contribution in [2.24, 2.45) is 4.99 Å². The van der Waals surface area contributed by atoms with Crippen LogP contribution in [0.25, 0.3) is 0 Å². The molecule has 3 heterocycles. The third kappa shape index (κ3) is 7.09. The molecule has 0 spiro atoms. The van der Waals surface area contributed by atoms with Crippen molar-refractivity contribution >= 4 is 35.8 Å². The van der Waals surface area contributed by atoms with E-state index in [1.807, 2.05) is 11.0 Å². The first-order valence-corrected chi connectivity index (χ1v) is 10.6. The molecule has 1 amide bonds. The van der Waals surface area contributed by atoms with Gasteiger partial charge in [0.05, 0.1) is 25.5 Å². The highest BCUT2D eigenvalue weighted by atomic mass is 127. The molecule has 10 heteroatoms. The summed E-state index contributed by atoms with van der Waals surface area (Å²) >= 11 is 0. The van der Waals surface area contributed by atoms with E-state index in [-0.39, 0.29) is 29.9 Å². The van der Waals surface area contributed by atoms with Crippen molar-refractivity contribution in [2.75, 3.05) is 65.6 Å². The molecule has 0 radical (unpaired) electrons. The van der Waals surface area contributed by atoms with E-state index in [4.69, 9.17) is 14.3 Å². The number of rotatable bonds is 6. The number of guanidine groups is 1. The second-order valence-electron chi connectivity index (χ2n) is 7.80. The van der Waals surface area contributed by atoms with Crippen molar-refractivity contribution in [3.8, 4) is 0 Å². The number of piperazine rings is 1. The van der Waals surface area contributed by atoms with Gasteiger partial charge in [-0.1, -0.05) is 19.0 Å². The Kier molecular flexibility index (Phi) is 10.3. The molecule has 2 aliphatic rings. The zero-order valence-corrected chi connectivity index (χ0v) is 20.6. The highest BCUT2D eigenvalue weighted by Gasteiger charge is 2.24. The highest BCUT2D eigenvalue weighted by molar-refractivity contribution is 14.0. The largest absolute Gasteiger partial charge is 0.378 e. The van der Waals surface area contributed by atoms with Crippen LogP contribution < -0.4 is 5.32 Å². The minimum absolute atomic E-state index is 0. The fraction of sp³-hybridized carbons (Fsp3) is 0.750. The van der Waals surface area contributed by atoms with Gasteiger partial charge in [-0.25, -0.2) is 4.99 Å². The lowest BCUT2D eigenvalue weighted by atomic mass is 10.1. The van der Waals surface area contributed by atoms with Crippen LogP contribution in [0, 0.1) is 0 Å². The van der Waals surface area contributed by atoms with Crippen LogP contribution >= 0.6 is 24.0 Å². The summed E-state index contributed by atoms with van der Waals surface area (Å²) in [5.74, 6) is 2.21. The summed E-state index contributed by atoms with van der Waals surface area (Å²) in [6.07, 6.45) is 0. The first kappa shape index (κ1) is 24.9. The minimum Gasteiger partial charge on any atom is -0.378 e. The first-order chi connectivity index (χ1) is 14.1. The van der Waals surface area contributed by atoms with Gasteiger partial charge >= 0.3 is 0 Å². The van der Waals surface area contributed by atoms with E-state index in [0.717, 1.165) is 50.1 Å². The highest BCUT2D eigenvalue weighted by Crippen LogP contribution is 2.15. The molecule has 2 fully saturated rings. The molecule has 170 valence electrons. The molecule has 2 saturated heterocycles. The van der Waals surface area contributed by atoms with E-state index in [9.17, 15) is 4.79 Å². The van der Waals surface area contributed by atoms with E-state index in [2.05, 4.69) is 41.0 Å². The fourth-order valence-electron chi connectivity index (χ4n) is 3.48. The number of carbonyl (C=O) groups excluding carboxylic acids is 1. The first-order valence-electron chi connectivity index (χ1n) is 10.6. The summed E-state index contributed by atoms with van der Waals surface area (Å²) in [5, 5.41) is 7.47. The zero-order chi connectivity index (χ0) is 20.6. The van der Waals surface area contributed by atoms with Crippen LogP contribution in [0.1, 0.15) is 38.1 Å². The Hall–Kier alpha value is -1.40. The van der Waals surface area contributed by atoms with Gasteiger partial charge in [0.2, 0.25) is 5.91 Å². The van der Waals surface area contributed by atoms with Gasteiger partial charge < -0.3 is 24.4 Å². The van der Waals surface area contributed by atoms with E-state index in [1.165, 1.54) is 0 Å². The summed E-state index contributed by atoms with van der Waals surface area (Å²) in [6.45, 7) is 14.1. The SMILES string of the molecule is CCNC(=NCc1cc(C(C)C)no1)N1CCN(CC(=O)N2CCOCC2)CC1.I. The van der Waals surface area contributed by atoms with Crippen molar-refractivity contribution in [2.45, 2.75) is 33.2 Å². The predicted octanol–water partition coefficient (Wildman–Crippen LogP) is 1.36. The van der Waals surface area contributed by atoms with Crippen molar-refractivity contribution in [1.82, 2.24) is 25.2 Å². The number of hydrogen-bond acceptors (Lipinski definition) is 6. The Morgan fingerprint density at radius 1 is 1.17 bits per heavy atom. The van der Waals surface area contributed by atoms with Crippen molar-refractivity contribution in [1.29, 1.82) is 0 Å². The van der Waals surface area contributed by atoms with E-state index in [0.29, 0.717) is 45.3 Å². The van der Waals surface area contributed by atoms with Crippen LogP contribution in [-0.2, 0) is 16.1 Å². The molecule has 0 bridgehead atoms. The van der Waals surface area contributed by atoms with Gasteiger partial charge in [-0.3, -0.25) is 9.69 Å². The molecule has 0 saturated carbocycles. The number of aromatic nitrogens is 1. The van der Waals surface area contributed by atoms with Gasteiger partial charge in [0, 0.05) is 51.9 Å². The minimum atomic E-state index is 0. The summed E-state index contributed by atoms with van der Waals surface area (Å²) in [4.78, 5) is 23.6. The van der Waals surface area contributed by atoms with Crippen LogP contribution in [-0.4, -0.2) is 97.3 Å². The summed E-state index contributed by atoms with van der Waals surface area (Å²) in [6, 6.07) is 1.98. The van der Waals surface area contributed by atoms with Gasteiger partial charge in [-0.05, 0) is 12.8 Å². The number of aliphatic imine (C=N–C) groups is 1. The Morgan fingerprint density at radius 3 is 2.47 bits per heavy atom. The van der Waals surface area contributed by atoms with E-state index < -0.39 is 0 Å². The predicted molar refractivity (Wildman–Crippen MR) is 126 cm³/mol. The molecule has 0 unspecified atom stereocenters. The lowest BCUT2D eigenvalue weighted by Gasteiger charge is -2.37. The molecule has 1 N–H and O–H groups in total. The third-order valence-electron chi connectivity index (χ3n) is 5.28. The monoisotopic (exact) mass is 534 g/mol. The maximum absolute atomic E-state index is 12.5. The molecular weight excluding hydrogens is 499 g/mol. The van der Waals surface area contributed by atoms with Crippen LogP contribution in [0.4, 0.5) is 0 Å². The molecule has 2 aliphatic heterocycles. The number of hydrogen-bond donors (Lipinski definition) is 1.